The number of halogens is 3. The van der Waals surface area contributed by atoms with Crippen LogP contribution in [0.4, 0.5) is 8.78 Å². The number of benzene rings is 2. The minimum absolute atomic E-state index is 0. The molecule has 0 spiro atoms. The molecule has 0 unspecified atom stereocenters. The van der Waals surface area contributed by atoms with E-state index in [1.54, 1.807) is 19.2 Å². The van der Waals surface area contributed by atoms with Crippen molar-refractivity contribution in [3.8, 4) is 11.5 Å². The number of nitrogens with one attached hydrogen (secondary N) is 2. The van der Waals surface area contributed by atoms with Crippen molar-refractivity contribution in [2.45, 2.75) is 26.0 Å². The molecule has 8 heteroatoms. The Bertz CT molecular complexity index is 731. The van der Waals surface area contributed by atoms with Gasteiger partial charge in [-0.25, -0.2) is 0 Å². The van der Waals surface area contributed by atoms with Crippen molar-refractivity contribution in [3.63, 3.8) is 0 Å². The van der Waals surface area contributed by atoms with Gasteiger partial charge in [-0.3, -0.25) is 4.99 Å². The summed E-state index contributed by atoms with van der Waals surface area (Å²) in [6.45, 7) is -1.85. The highest BCUT2D eigenvalue weighted by molar-refractivity contribution is 14.0. The molecule has 2 rings (SSSR count). The average molecular weight is 505 g/mol. The third-order valence-corrected chi connectivity index (χ3v) is 3.94. The first-order valence-corrected chi connectivity index (χ1v) is 8.72. The van der Waals surface area contributed by atoms with E-state index in [0.717, 1.165) is 19.4 Å². The normalized spacial score (nSPS) is 11.0. The molecule has 2 N–H and O–H groups in total. The van der Waals surface area contributed by atoms with Crippen LogP contribution in [0.1, 0.15) is 17.5 Å². The van der Waals surface area contributed by atoms with Crippen LogP contribution in [0.3, 0.4) is 0 Å². The van der Waals surface area contributed by atoms with Crippen LogP contribution in [0, 0.1) is 0 Å². The van der Waals surface area contributed by atoms with Crippen LogP contribution in [0.25, 0.3) is 0 Å². The Balaban J connectivity index is 0.00000392. The second-order valence-corrected chi connectivity index (χ2v) is 5.79. The summed E-state index contributed by atoms with van der Waals surface area (Å²) in [6.07, 6.45) is 1.92. The molecule has 154 valence electrons. The molecule has 0 bridgehead atoms. The minimum Gasteiger partial charge on any atom is -0.497 e. The van der Waals surface area contributed by atoms with Gasteiger partial charge in [0, 0.05) is 31.8 Å². The van der Waals surface area contributed by atoms with E-state index < -0.39 is 6.61 Å². The van der Waals surface area contributed by atoms with Crippen molar-refractivity contribution < 1.29 is 18.3 Å². The molecule has 0 aliphatic heterocycles. The van der Waals surface area contributed by atoms with E-state index in [1.807, 2.05) is 18.2 Å². The highest BCUT2D eigenvalue weighted by Gasteiger charge is 2.11. The summed E-state index contributed by atoms with van der Waals surface area (Å²) in [5.74, 6) is 1.14. The quantitative estimate of drug-likeness (QED) is 0.232. The van der Waals surface area contributed by atoms with Gasteiger partial charge in [0.15, 0.2) is 5.96 Å². The summed E-state index contributed by atoms with van der Waals surface area (Å²) in [4.78, 5) is 4.15. The summed E-state index contributed by atoms with van der Waals surface area (Å²) < 4.78 is 34.9. The molecule has 0 aliphatic carbocycles. The van der Waals surface area contributed by atoms with Gasteiger partial charge in [-0.1, -0.05) is 30.3 Å². The SMILES string of the molecule is CN=C(NCCCc1ccccc1)NCc1ccc(OC)cc1OC(F)F.I. The van der Waals surface area contributed by atoms with Crippen LogP contribution < -0.4 is 20.1 Å². The lowest BCUT2D eigenvalue weighted by atomic mass is 10.1. The number of ether oxygens (including phenoxy) is 2. The number of methoxy groups -OCH3 is 1. The van der Waals surface area contributed by atoms with Gasteiger partial charge in [-0.15, -0.1) is 24.0 Å². The summed E-state index contributed by atoms with van der Waals surface area (Å²) in [7, 11) is 3.14. The van der Waals surface area contributed by atoms with Gasteiger partial charge >= 0.3 is 6.61 Å². The Morgan fingerprint density at radius 1 is 1.11 bits per heavy atom. The third kappa shape index (κ3) is 8.28. The van der Waals surface area contributed by atoms with Crippen LogP contribution >= 0.6 is 24.0 Å². The van der Waals surface area contributed by atoms with Crippen molar-refractivity contribution in [1.82, 2.24) is 10.6 Å². The molecule has 0 saturated heterocycles. The maximum atomic E-state index is 12.6. The molecule has 2 aromatic rings. The van der Waals surface area contributed by atoms with Gasteiger partial charge in [0.1, 0.15) is 11.5 Å². The fourth-order valence-corrected chi connectivity index (χ4v) is 2.56. The molecule has 5 nitrogen and oxygen atoms in total. The number of nitrogens with zero attached hydrogens (tertiary/aromatic N) is 1. The Labute approximate surface area is 181 Å². The number of alkyl halides is 2. The summed E-state index contributed by atoms with van der Waals surface area (Å²) in [5.41, 5.74) is 1.87. The highest BCUT2D eigenvalue weighted by atomic mass is 127. The van der Waals surface area contributed by atoms with Gasteiger partial charge in [-0.05, 0) is 30.5 Å². The van der Waals surface area contributed by atoms with Crippen molar-refractivity contribution in [1.29, 1.82) is 0 Å². The van der Waals surface area contributed by atoms with Crippen LogP contribution in [-0.4, -0.2) is 33.3 Å². The monoisotopic (exact) mass is 505 g/mol. The standard InChI is InChI=1S/C20H25F2N3O2.HI/c1-23-20(24-12-6-9-15-7-4-3-5-8-15)25-14-16-10-11-17(26-2)13-18(16)27-19(21)22;/h3-5,7-8,10-11,13,19H,6,9,12,14H2,1-2H3,(H2,23,24,25);1H. The van der Waals surface area contributed by atoms with Crippen LogP contribution in [0.15, 0.2) is 53.5 Å². The maximum Gasteiger partial charge on any atom is 0.387 e. The zero-order valence-electron chi connectivity index (χ0n) is 16.0. The average Bonchev–Trinajstić information content (AvgIpc) is 2.68. The Kier molecular flexibility index (Phi) is 11.2. The second-order valence-electron chi connectivity index (χ2n) is 5.79. The van der Waals surface area contributed by atoms with E-state index in [0.29, 0.717) is 23.8 Å². The molecule has 0 atom stereocenters. The first-order valence-electron chi connectivity index (χ1n) is 8.72. The number of aryl methyl sites for hydroxylation is 1. The first kappa shape index (κ1) is 23.9. The molecule has 0 aliphatic rings. The number of hydrogen-bond donors (Lipinski definition) is 2. The van der Waals surface area contributed by atoms with E-state index in [9.17, 15) is 8.78 Å². The molecule has 0 amide bonds. The van der Waals surface area contributed by atoms with E-state index in [-0.39, 0.29) is 29.7 Å². The van der Waals surface area contributed by atoms with E-state index in [1.165, 1.54) is 18.7 Å². The number of guanidine groups is 1. The number of rotatable bonds is 9. The lowest BCUT2D eigenvalue weighted by Gasteiger charge is -2.15. The Hall–Kier alpha value is -2.10. The molecule has 0 heterocycles. The van der Waals surface area contributed by atoms with Crippen LogP contribution in [0.2, 0.25) is 0 Å². The number of hydrogen-bond acceptors (Lipinski definition) is 3. The lowest BCUT2D eigenvalue weighted by molar-refractivity contribution is -0.0505. The summed E-state index contributed by atoms with van der Waals surface area (Å²) in [5, 5.41) is 6.33. The topological polar surface area (TPSA) is 54.9 Å². The molecule has 0 saturated carbocycles. The van der Waals surface area contributed by atoms with Crippen LogP contribution in [0.5, 0.6) is 11.5 Å². The van der Waals surface area contributed by atoms with Gasteiger partial charge in [0.05, 0.1) is 7.11 Å². The fourth-order valence-electron chi connectivity index (χ4n) is 2.56. The largest absolute Gasteiger partial charge is 0.497 e. The van der Waals surface area contributed by atoms with Crippen molar-refractivity contribution in [2.75, 3.05) is 20.7 Å². The van der Waals surface area contributed by atoms with E-state index in [2.05, 4.69) is 32.5 Å². The van der Waals surface area contributed by atoms with Gasteiger partial charge in [0.2, 0.25) is 0 Å². The van der Waals surface area contributed by atoms with Gasteiger partial charge in [-0.2, -0.15) is 8.78 Å². The van der Waals surface area contributed by atoms with E-state index in [4.69, 9.17) is 4.74 Å². The third-order valence-electron chi connectivity index (χ3n) is 3.94. The second kappa shape index (κ2) is 13.1. The van der Waals surface area contributed by atoms with Gasteiger partial charge < -0.3 is 20.1 Å². The Morgan fingerprint density at radius 3 is 2.50 bits per heavy atom. The smallest absolute Gasteiger partial charge is 0.387 e. The zero-order chi connectivity index (χ0) is 19.5. The lowest BCUT2D eigenvalue weighted by Crippen LogP contribution is -2.37. The predicted octanol–water partition coefficient (Wildman–Crippen LogP) is 4.21. The molecule has 0 aromatic heterocycles. The first-order chi connectivity index (χ1) is 13.1. The molecule has 28 heavy (non-hydrogen) atoms. The minimum atomic E-state index is -2.90. The maximum absolute atomic E-state index is 12.6. The van der Waals surface area contributed by atoms with Crippen LogP contribution in [-0.2, 0) is 13.0 Å². The molecule has 2 aromatic carbocycles. The number of aliphatic imine (C=N–C) groups is 1. The van der Waals surface area contributed by atoms with Crippen molar-refractivity contribution >= 4 is 29.9 Å². The zero-order valence-corrected chi connectivity index (χ0v) is 18.3. The van der Waals surface area contributed by atoms with Crippen molar-refractivity contribution in [3.05, 3.63) is 59.7 Å². The molecular weight excluding hydrogens is 479 g/mol. The summed E-state index contributed by atoms with van der Waals surface area (Å²) >= 11 is 0. The van der Waals surface area contributed by atoms with Gasteiger partial charge in [0.25, 0.3) is 0 Å². The van der Waals surface area contributed by atoms with E-state index >= 15 is 0 Å². The Morgan fingerprint density at radius 2 is 1.86 bits per heavy atom. The summed E-state index contributed by atoms with van der Waals surface area (Å²) in [6, 6.07) is 15.1. The molecular formula is C20H26F2IN3O2. The fraction of sp³-hybridized carbons (Fsp3) is 0.350. The predicted molar refractivity (Wildman–Crippen MR) is 118 cm³/mol. The molecule has 0 radical (unpaired) electrons. The van der Waals surface area contributed by atoms with Crippen molar-refractivity contribution in [2.24, 2.45) is 4.99 Å². The highest BCUT2D eigenvalue weighted by Crippen LogP contribution is 2.26. The molecule has 0 fully saturated rings.